The minimum atomic E-state index is 0.527. The summed E-state index contributed by atoms with van der Waals surface area (Å²) in [6, 6.07) is 8.00. The molecule has 0 bridgehead atoms. The van der Waals surface area contributed by atoms with Crippen LogP contribution in [0.15, 0.2) is 42.0 Å². The molecule has 0 spiro atoms. The molecule has 0 aliphatic heterocycles. The van der Waals surface area contributed by atoms with Crippen molar-refractivity contribution < 1.29 is 9.41 Å². The molecule has 0 fully saturated rings. The lowest BCUT2D eigenvalue weighted by Crippen LogP contribution is -2.30. The summed E-state index contributed by atoms with van der Waals surface area (Å²) >= 11 is 0. The Morgan fingerprint density at radius 3 is 2.74 bits per heavy atom. The van der Waals surface area contributed by atoms with Crippen LogP contribution in [0.2, 0.25) is 0 Å². The standard InChI is InChI=1S/C17H25N5O/c1-14(2)5-3-4-10-23-16-8-6-15(7-9-16)11-17(18)21-22-12-19-20-13-22/h6-9,12-14H,3-5,10-11H2,1-2H3,(H2,18,21)/p+1. The molecule has 2 aromatic rings. The molecule has 0 saturated heterocycles. The summed E-state index contributed by atoms with van der Waals surface area (Å²) in [4.78, 5) is 0. The highest BCUT2D eigenvalue weighted by Crippen LogP contribution is 2.14. The zero-order valence-electron chi connectivity index (χ0n) is 13.9. The van der Waals surface area contributed by atoms with E-state index in [1.165, 1.54) is 12.8 Å². The van der Waals surface area contributed by atoms with Crippen LogP contribution in [0.1, 0.15) is 38.7 Å². The highest BCUT2D eigenvalue weighted by atomic mass is 16.5. The maximum atomic E-state index is 5.93. The van der Waals surface area contributed by atoms with Crippen molar-refractivity contribution in [1.82, 2.24) is 10.2 Å². The zero-order chi connectivity index (χ0) is 16.5. The number of nitrogens with one attached hydrogen (secondary N) is 1. The molecule has 0 amide bonds. The number of aromatic nitrogens is 3. The first-order chi connectivity index (χ1) is 11.1. The first-order valence-corrected chi connectivity index (χ1v) is 8.08. The summed E-state index contributed by atoms with van der Waals surface area (Å²) in [6.45, 7) is 5.27. The molecule has 6 heteroatoms. The fraction of sp³-hybridized carbons (Fsp3) is 0.471. The van der Waals surface area contributed by atoms with E-state index in [-0.39, 0.29) is 0 Å². The Balaban J connectivity index is 1.76. The molecule has 124 valence electrons. The molecule has 0 atom stereocenters. The van der Waals surface area contributed by atoms with Crippen molar-refractivity contribution in [3.63, 3.8) is 0 Å². The van der Waals surface area contributed by atoms with E-state index in [2.05, 4.69) is 29.1 Å². The molecule has 1 aromatic carbocycles. The van der Waals surface area contributed by atoms with Gasteiger partial charge in [0.25, 0.3) is 6.33 Å². The average Bonchev–Trinajstić information content (AvgIpc) is 3.01. The van der Waals surface area contributed by atoms with Gasteiger partial charge in [0.1, 0.15) is 11.6 Å². The fourth-order valence-corrected chi connectivity index (χ4v) is 2.21. The molecule has 2 rings (SSSR count). The minimum absolute atomic E-state index is 0.527. The molecular formula is C17H26N5O+. The van der Waals surface area contributed by atoms with Gasteiger partial charge in [0, 0.05) is 11.5 Å². The Kier molecular flexibility index (Phi) is 6.59. The smallest absolute Gasteiger partial charge is 0.288 e. The van der Waals surface area contributed by atoms with Crippen molar-refractivity contribution in [3.8, 4) is 5.75 Å². The lowest BCUT2D eigenvalue weighted by Gasteiger charge is -2.08. The Morgan fingerprint density at radius 2 is 2.09 bits per heavy atom. The first kappa shape index (κ1) is 17.0. The Labute approximate surface area is 137 Å². The second-order valence-corrected chi connectivity index (χ2v) is 6.03. The van der Waals surface area contributed by atoms with E-state index < -0.39 is 0 Å². The van der Waals surface area contributed by atoms with Gasteiger partial charge in [0.05, 0.1) is 6.61 Å². The van der Waals surface area contributed by atoms with E-state index in [1.54, 1.807) is 17.3 Å². The zero-order valence-corrected chi connectivity index (χ0v) is 13.9. The molecule has 6 nitrogen and oxygen atoms in total. The summed E-state index contributed by atoms with van der Waals surface area (Å²) < 4.78 is 7.30. The summed E-state index contributed by atoms with van der Waals surface area (Å²) in [6.07, 6.45) is 7.35. The topological polar surface area (TPSA) is 80.2 Å². The van der Waals surface area contributed by atoms with Gasteiger partial charge in [-0.2, -0.15) is 0 Å². The van der Waals surface area contributed by atoms with Crippen molar-refractivity contribution in [2.45, 2.75) is 39.5 Å². The number of unbranched alkanes of at least 4 members (excludes halogenated alkanes) is 1. The predicted molar refractivity (Wildman–Crippen MR) is 90.1 cm³/mol. The SMILES string of the molecule is CC(C)CCCCOc1ccc(CC(N)=N[n+]2cn[nH]c2)cc1. The van der Waals surface area contributed by atoms with Gasteiger partial charge in [-0.3, -0.25) is 0 Å². The lowest BCUT2D eigenvalue weighted by atomic mass is 10.1. The van der Waals surface area contributed by atoms with Crippen LogP contribution < -0.4 is 15.1 Å². The maximum Gasteiger partial charge on any atom is 0.288 e. The molecule has 3 N–H and O–H groups in total. The number of rotatable bonds is 9. The number of ether oxygens (including phenoxy) is 1. The number of benzene rings is 1. The number of amidine groups is 1. The summed E-state index contributed by atoms with van der Waals surface area (Å²) in [7, 11) is 0. The van der Waals surface area contributed by atoms with Crippen LogP contribution in [-0.2, 0) is 6.42 Å². The monoisotopic (exact) mass is 316 g/mol. The summed E-state index contributed by atoms with van der Waals surface area (Å²) in [5.74, 6) is 2.19. The molecule has 0 unspecified atom stereocenters. The Bertz CT molecular complexity index is 590. The van der Waals surface area contributed by atoms with Crippen LogP contribution in [0.3, 0.4) is 0 Å². The van der Waals surface area contributed by atoms with Gasteiger partial charge in [-0.05, 0) is 36.5 Å². The van der Waals surface area contributed by atoms with Gasteiger partial charge >= 0.3 is 0 Å². The van der Waals surface area contributed by atoms with E-state index in [0.29, 0.717) is 12.3 Å². The van der Waals surface area contributed by atoms with Crippen molar-refractivity contribution >= 4 is 5.84 Å². The average molecular weight is 316 g/mol. The van der Waals surface area contributed by atoms with Crippen LogP contribution in [-0.4, -0.2) is 22.6 Å². The quantitative estimate of drug-likeness (QED) is 0.322. The highest BCUT2D eigenvalue weighted by Gasteiger charge is 2.02. The third kappa shape index (κ3) is 6.50. The van der Waals surface area contributed by atoms with Crippen LogP contribution >= 0.6 is 0 Å². The third-order valence-corrected chi connectivity index (χ3v) is 3.44. The number of nitrogens with zero attached hydrogens (tertiary/aromatic N) is 3. The number of H-pyrrole nitrogens is 1. The van der Waals surface area contributed by atoms with Crippen LogP contribution in [0.4, 0.5) is 0 Å². The summed E-state index contributed by atoms with van der Waals surface area (Å²) in [5, 5.41) is 10.7. The van der Waals surface area contributed by atoms with Gasteiger partial charge in [-0.15, -0.1) is 9.77 Å². The molecule has 0 radical (unpaired) electrons. The number of aromatic amines is 1. The Hall–Kier alpha value is -2.37. The lowest BCUT2D eigenvalue weighted by molar-refractivity contribution is -0.679. The maximum absolute atomic E-state index is 5.93. The van der Waals surface area contributed by atoms with E-state index in [4.69, 9.17) is 10.5 Å². The first-order valence-electron chi connectivity index (χ1n) is 8.08. The molecule has 1 aromatic heterocycles. The van der Waals surface area contributed by atoms with Gasteiger partial charge in [-0.1, -0.05) is 37.5 Å². The van der Waals surface area contributed by atoms with Gasteiger partial charge in [0.2, 0.25) is 6.33 Å². The molecule has 0 aliphatic carbocycles. The second kappa shape index (κ2) is 8.92. The van der Waals surface area contributed by atoms with Crippen molar-refractivity contribution in [3.05, 3.63) is 42.5 Å². The van der Waals surface area contributed by atoms with Crippen molar-refractivity contribution in [1.29, 1.82) is 0 Å². The van der Waals surface area contributed by atoms with Crippen LogP contribution in [0, 0.1) is 5.92 Å². The van der Waals surface area contributed by atoms with Crippen LogP contribution in [0.25, 0.3) is 0 Å². The second-order valence-electron chi connectivity index (χ2n) is 6.03. The van der Waals surface area contributed by atoms with Crippen molar-refractivity contribution in [2.24, 2.45) is 16.8 Å². The number of hydrogen-bond donors (Lipinski definition) is 2. The largest absolute Gasteiger partial charge is 0.494 e. The molecule has 23 heavy (non-hydrogen) atoms. The van der Waals surface area contributed by atoms with E-state index >= 15 is 0 Å². The van der Waals surface area contributed by atoms with Gasteiger partial charge in [0.15, 0.2) is 0 Å². The van der Waals surface area contributed by atoms with Gasteiger partial charge in [-0.25, -0.2) is 0 Å². The number of nitrogens with two attached hydrogens (primary N) is 1. The normalized spacial score (nSPS) is 11.9. The molecule has 0 saturated carbocycles. The van der Waals surface area contributed by atoms with Gasteiger partial charge < -0.3 is 10.5 Å². The molecule has 1 heterocycles. The van der Waals surface area contributed by atoms with Crippen molar-refractivity contribution in [2.75, 3.05) is 6.61 Å². The fourth-order valence-electron chi connectivity index (χ4n) is 2.21. The van der Waals surface area contributed by atoms with E-state index in [1.807, 2.05) is 24.3 Å². The van der Waals surface area contributed by atoms with E-state index in [0.717, 1.165) is 30.3 Å². The van der Waals surface area contributed by atoms with Crippen LogP contribution in [0.5, 0.6) is 5.75 Å². The molecule has 0 aliphatic rings. The summed E-state index contributed by atoms with van der Waals surface area (Å²) in [5.41, 5.74) is 7.03. The number of hydrogen-bond acceptors (Lipinski definition) is 3. The minimum Gasteiger partial charge on any atom is -0.494 e. The highest BCUT2D eigenvalue weighted by molar-refractivity contribution is 5.81. The molecular weight excluding hydrogens is 290 g/mol. The van der Waals surface area contributed by atoms with E-state index in [9.17, 15) is 0 Å². The third-order valence-electron chi connectivity index (χ3n) is 3.44. The predicted octanol–water partition coefficient (Wildman–Crippen LogP) is 2.27. The Morgan fingerprint density at radius 1 is 1.30 bits per heavy atom.